The third-order valence-corrected chi connectivity index (χ3v) is 1.03. The van der Waals surface area contributed by atoms with Crippen LogP contribution in [-0.2, 0) is 18.6 Å². The Morgan fingerprint density at radius 2 is 2.17 bits per heavy atom. The van der Waals surface area contributed by atoms with Crippen LogP contribution in [-0.4, -0.2) is 22.5 Å². The molecule has 0 fully saturated rings. The van der Waals surface area contributed by atoms with Crippen molar-refractivity contribution in [2.75, 3.05) is 6.79 Å². The van der Waals surface area contributed by atoms with E-state index in [1.807, 2.05) is 0 Å². The Morgan fingerprint density at radius 3 is 2.50 bits per heavy atom. The molecule has 0 unspecified atom stereocenters. The van der Waals surface area contributed by atoms with Gasteiger partial charge in [-0.1, -0.05) is 6.58 Å². The predicted molar refractivity (Wildman–Crippen MR) is 35.4 cm³/mol. The molecule has 0 radical (unpaired) electrons. The van der Waals surface area contributed by atoms with E-state index in [0.717, 1.165) is 6.08 Å². The van der Waals surface area contributed by atoms with E-state index < -0.39 is 20.6 Å². The second-order valence-electron chi connectivity index (χ2n) is 1.41. The summed E-state index contributed by atoms with van der Waals surface area (Å²) in [5.41, 5.74) is 0. The topological polar surface area (TPSA) is 93.1 Å². The van der Waals surface area contributed by atoms with Crippen LogP contribution in [0.15, 0.2) is 12.7 Å². The largest absolute Gasteiger partial charge is 1.00 e. The summed E-state index contributed by atoms with van der Waals surface area (Å²) in [6, 6.07) is 0. The fraction of sp³-hybridized carbons (Fsp3) is 0.250. The molecule has 0 heterocycles. The van der Waals surface area contributed by atoms with Gasteiger partial charge >= 0.3 is 43.3 Å². The van der Waals surface area contributed by atoms with Gasteiger partial charge in [0.15, 0.2) is 0 Å². The number of phosphoric acid groups is 1. The van der Waals surface area contributed by atoms with Crippen molar-refractivity contribution < 1.29 is 59.4 Å². The molecule has 0 aromatic carbocycles. The normalized spacial score (nSPS) is 9.83. The van der Waals surface area contributed by atoms with Crippen LogP contribution < -0.4 is 29.6 Å². The van der Waals surface area contributed by atoms with E-state index >= 15 is 0 Å². The van der Waals surface area contributed by atoms with E-state index in [1.54, 1.807) is 0 Å². The zero-order valence-electron chi connectivity index (χ0n) is 7.47. The van der Waals surface area contributed by atoms with Crippen molar-refractivity contribution in [3.05, 3.63) is 12.7 Å². The van der Waals surface area contributed by atoms with Gasteiger partial charge in [-0.3, -0.25) is 0 Å². The fourth-order valence-electron chi connectivity index (χ4n) is 0.212. The molecule has 66 valence electrons. The molecule has 0 aliphatic heterocycles. The molecule has 0 aromatic heterocycles. The zero-order chi connectivity index (χ0) is 8.91. The SMILES string of the molecule is C=CC(=O)OCOP(=O)(O)O.[H-].[Na+]. The standard InChI is InChI=1S/C4H7O6P.Na.H/c1-2-4(5)9-3-10-11(6,7)8;;/h2H,1,3H2,(H2,6,7,8);;/q;+1;-1. The summed E-state index contributed by atoms with van der Waals surface area (Å²) < 4.78 is 17.8. The van der Waals surface area contributed by atoms with Crippen LogP contribution in [0.5, 0.6) is 0 Å². The summed E-state index contributed by atoms with van der Waals surface area (Å²) >= 11 is 0. The molecule has 0 aliphatic carbocycles. The molecule has 0 aliphatic rings. The molecule has 0 amide bonds. The van der Waals surface area contributed by atoms with Crippen molar-refractivity contribution in [1.82, 2.24) is 0 Å². The van der Waals surface area contributed by atoms with Gasteiger partial charge in [-0.15, -0.1) is 0 Å². The first-order valence-electron chi connectivity index (χ1n) is 2.45. The van der Waals surface area contributed by atoms with Gasteiger partial charge in [-0.05, 0) is 0 Å². The summed E-state index contributed by atoms with van der Waals surface area (Å²) in [6.07, 6.45) is 0.850. The molecule has 2 N–H and O–H groups in total. The van der Waals surface area contributed by atoms with Crippen molar-refractivity contribution in [1.29, 1.82) is 0 Å². The van der Waals surface area contributed by atoms with Crippen LogP contribution in [0.25, 0.3) is 0 Å². The molecule has 0 saturated carbocycles. The fourth-order valence-corrected chi connectivity index (χ4v) is 0.402. The van der Waals surface area contributed by atoms with Crippen LogP contribution in [0, 0.1) is 0 Å². The van der Waals surface area contributed by atoms with Crippen LogP contribution >= 0.6 is 7.82 Å². The van der Waals surface area contributed by atoms with E-state index in [-0.39, 0.29) is 31.0 Å². The van der Waals surface area contributed by atoms with Crippen LogP contribution in [0.3, 0.4) is 0 Å². The van der Waals surface area contributed by atoms with Gasteiger partial charge in [0.05, 0.1) is 0 Å². The molecule has 6 nitrogen and oxygen atoms in total. The second-order valence-corrected chi connectivity index (χ2v) is 2.64. The van der Waals surface area contributed by atoms with Crippen molar-refractivity contribution in [2.45, 2.75) is 0 Å². The molecule has 0 bridgehead atoms. The minimum atomic E-state index is -4.54. The number of ether oxygens (including phenoxy) is 1. The number of esters is 1. The number of rotatable bonds is 4. The Labute approximate surface area is 92.6 Å². The van der Waals surface area contributed by atoms with Gasteiger partial charge in [0.1, 0.15) is 0 Å². The molecular weight excluding hydrogens is 198 g/mol. The quantitative estimate of drug-likeness (QED) is 0.166. The minimum Gasteiger partial charge on any atom is -1.00 e. The maximum atomic E-state index is 10.2. The Hall–Kier alpha value is 0.320. The van der Waals surface area contributed by atoms with Crippen molar-refractivity contribution >= 4 is 13.8 Å². The van der Waals surface area contributed by atoms with Crippen LogP contribution in [0.1, 0.15) is 1.43 Å². The first kappa shape index (κ1) is 14.8. The summed E-state index contributed by atoms with van der Waals surface area (Å²) in [7, 11) is -4.54. The Bertz CT molecular complexity index is 203. The predicted octanol–water partition coefficient (Wildman–Crippen LogP) is -3.10. The molecule has 0 atom stereocenters. The van der Waals surface area contributed by atoms with Crippen molar-refractivity contribution in [2.24, 2.45) is 0 Å². The number of phosphoric ester groups is 1. The number of hydrogen-bond acceptors (Lipinski definition) is 4. The van der Waals surface area contributed by atoms with Crippen molar-refractivity contribution in [3.8, 4) is 0 Å². The van der Waals surface area contributed by atoms with E-state index in [2.05, 4.69) is 15.8 Å². The summed E-state index contributed by atoms with van der Waals surface area (Å²) in [6.45, 7) is 2.27. The van der Waals surface area contributed by atoms with Crippen molar-refractivity contribution in [3.63, 3.8) is 0 Å². The summed E-state index contributed by atoms with van der Waals surface area (Å²) in [4.78, 5) is 26.4. The van der Waals surface area contributed by atoms with Gasteiger partial charge in [0.25, 0.3) is 0 Å². The molecule has 0 aromatic rings. The number of hydrogen-bond donors (Lipinski definition) is 2. The average molecular weight is 206 g/mol. The Balaban J connectivity index is -0.000000500. The van der Waals surface area contributed by atoms with Gasteiger partial charge in [0.2, 0.25) is 6.79 Å². The maximum Gasteiger partial charge on any atom is 1.00 e. The Morgan fingerprint density at radius 1 is 1.67 bits per heavy atom. The summed E-state index contributed by atoms with van der Waals surface area (Å²) in [5.74, 6) is -0.807. The van der Waals surface area contributed by atoms with Gasteiger partial charge in [-0.25, -0.2) is 13.9 Å². The first-order valence-corrected chi connectivity index (χ1v) is 3.98. The third kappa shape index (κ3) is 10.3. The zero-order valence-corrected chi connectivity index (χ0v) is 9.36. The van der Waals surface area contributed by atoms with E-state index in [0.29, 0.717) is 0 Å². The molecule has 12 heavy (non-hydrogen) atoms. The monoisotopic (exact) mass is 206 g/mol. The van der Waals surface area contributed by atoms with Crippen LogP contribution in [0.2, 0.25) is 0 Å². The summed E-state index contributed by atoms with van der Waals surface area (Å²) in [5, 5.41) is 0. The number of carbonyl (C=O) groups excluding carboxylic acids is 1. The first-order chi connectivity index (χ1) is 4.95. The van der Waals surface area contributed by atoms with Gasteiger partial charge in [-0.2, -0.15) is 0 Å². The molecule has 0 spiro atoms. The van der Waals surface area contributed by atoms with Crippen LogP contribution in [0.4, 0.5) is 0 Å². The minimum absolute atomic E-state index is 0. The van der Waals surface area contributed by atoms with E-state index in [1.165, 1.54) is 0 Å². The second kappa shape index (κ2) is 6.80. The van der Waals surface area contributed by atoms with Gasteiger partial charge < -0.3 is 16.0 Å². The van der Waals surface area contributed by atoms with E-state index in [4.69, 9.17) is 9.79 Å². The molecule has 0 rings (SSSR count). The maximum absolute atomic E-state index is 10.2. The molecular formula is C4H8NaO6P. The Kier molecular flexibility index (Phi) is 8.39. The van der Waals surface area contributed by atoms with E-state index in [9.17, 15) is 9.36 Å². The van der Waals surface area contributed by atoms with Gasteiger partial charge in [0, 0.05) is 6.08 Å². The smallest absolute Gasteiger partial charge is 1.00 e. The molecule has 8 heteroatoms. The number of carbonyl (C=O) groups is 1. The average Bonchev–Trinajstić information content (AvgIpc) is 1.85. The third-order valence-electron chi connectivity index (χ3n) is 0.589. The molecule has 0 saturated heterocycles.